The third kappa shape index (κ3) is 4.33. The van der Waals surface area contributed by atoms with Gasteiger partial charge < -0.3 is 4.90 Å². The van der Waals surface area contributed by atoms with E-state index in [0.717, 1.165) is 24.1 Å². The Balaban J connectivity index is 2.23. The van der Waals surface area contributed by atoms with Crippen LogP contribution in [0.5, 0.6) is 0 Å². The molecule has 0 aliphatic heterocycles. The summed E-state index contributed by atoms with van der Waals surface area (Å²) in [4.78, 5) is 14.5. The molecule has 0 amide bonds. The molecule has 0 saturated heterocycles. The highest BCUT2D eigenvalue weighted by molar-refractivity contribution is 6.14. The van der Waals surface area contributed by atoms with Crippen molar-refractivity contribution >= 4 is 17.5 Å². The van der Waals surface area contributed by atoms with E-state index in [-0.39, 0.29) is 11.4 Å². The zero-order valence-corrected chi connectivity index (χ0v) is 14.4. The highest BCUT2D eigenvalue weighted by Crippen LogP contribution is 2.17. The number of Topliss-reactive ketones (excluding diaryl/α,β-unsaturated/α-hetero) is 1. The van der Waals surface area contributed by atoms with E-state index in [1.165, 1.54) is 5.56 Å². The van der Waals surface area contributed by atoms with Crippen LogP contribution in [0.4, 0.5) is 5.69 Å². The van der Waals surface area contributed by atoms with Crippen LogP contribution < -0.4 is 4.90 Å². The molecule has 2 aromatic rings. The molecule has 0 N–H and O–H groups in total. The monoisotopic (exact) mass is 318 g/mol. The van der Waals surface area contributed by atoms with Gasteiger partial charge in [-0.15, -0.1) is 0 Å². The van der Waals surface area contributed by atoms with E-state index in [2.05, 4.69) is 6.92 Å². The normalized spacial score (nSPS) is 11.0. The van der Waals surface area contributed by atoms with Gasteiger partial charge in [0, 0.05) is 25.3 Å². The Morgan fingerprint density at radius 2 is 1.71 bits per heavy atom. The van der Waals surface area contributed by atoms with Crippen molar-refractivity contribution in [2.45, 2.75) is 19.8 Å². The van der Waals surface area contributed by atoms with Gasteiger partial charge in [-0.05, 0) is 35.8 Å². The first-order chi connectivity index (χ1) is 11.5. The average molecular weight is 318 g/mol. The molecule has 0 radical (unpaired) electrons. The number of nitrogens with zero attached hydrogens (tertiary/aromatic N) is 2. The van der Waals surface area contributed by atoms with E-state index in [4.69, 9.17) is 0 Å². The lowest BCUT2D eigenvalue weighted by molar-refractivity contribution is 0.104. The van der Waals surface area contributed by atoms with Crippen LogP contribution in [0.3, 0.4) is 0 Å². The summed E-state index contributed by atoms with van der Waals surface area (Å²) in [7, 11) is 3.94. The Kier molecular flexibility index (Phi) is 5.92. The first-order valence-electron chi connectivity index (χ1n) is 8.08. The largest absolute Gasteiger partial charge is 0.378 e. The third-order valence-electron chi connectivity index (χ3n) is 3.84. The van der Waals surface area contributed by atoms with E-state index in [1.54, 1.807) is 18.2 Å². The molecule has 0 aliphatic rings. The van der Waals surface area contributed by atoms with Crippen LogP contribution in [0.1, 0.15) is 34.8 Å². The minimum Gasteiger partial charge on any atom is -0.378 e. The highest BCUT2D eigenvalue weighted by atomic mass is 16.1. The van der Waals surface area contributed by atoms with Crippen molar-refractivity contribution in [3.05, 3.63) is 70.8 Å². The summed E-state index contributed by atoms with van der Waals surface area (Å²) in [6, 6.07) is 17.3. The lowest BCUT2D eigenvalue weighted by Crippen LogP contribution is -2.08. The summed E-state index contributed by atoms with van der Waals surface area (Å²) < 4.78 is 0. The first-order valence-corrected chi connectivity index (χ1v) is 8.08. The number of rotatable bonds is 6. The Labute approximate surface area is 143 Å². The van der Waals surface area contributed by atoms with Crippen LogP contribution in [-0.4, -0.2) is 19.9 Å². The van der Waals surface area contributed by atoms with Crippen LogP contribution in [0.25, 0.3) is 6.08 Å². The smallest absolute Gasteiger partial charge is 0.203 e. The molecule has 0 spiro atoms. The van der Waals surface area contributed by atoms with E-state index >= 15 is 0 Å². The van der Waals surface area contributed by atoms with Gasteiger partial charge >= 0.3 is 0 Å². The molecule has 0 unspecified atom stereocenters. The molecule has 0 atom stereocenters. The fourth-order valence-corrected chi connectivity index (χ4v) is 2.45. The maximum Gasteiger partial charge on any atom is 0.203 e. The summed E-state index contributed by atoms with van der Waals surface area (Å²) in [5.74, 6) is -0.239. The number of carbonyl (C=O) groups is 1. The van der Waals surface area contributed by atoms with E-state index in [1.807, 2.05) is 61.5 Å². The van der Waals surface area contributed by atoms with Gasteiger partial charge in [0.25, 0.3) is 0 Å². The molecule has 3 heteroatoms. The van der Waals surface area contributed by atoms with Crippen molar-refractivity contribution in [2.24, 2.45) is 0 Å². The van der Waals surface area contributed by atoms with Gasteiger partial charge in [-0.1, -0.05) is 49.7 Å². The molecule has 3 nitrogen and oxygen atoms in total. The Morgan fingerprint density at radius 1 is 1.08 bits per heavy atom. The van der Waals surface area contributed by atoms with Gasteiger partial charge in [0.05, 0.1) is 0 Å². The SMILES string of the molecule is CCCc1ccc(C(=O)/C(C#N)=C/c2ccc(N(C)C)cc2)cc1. The standard InChI is InChI=1S/C21H22N2O/c1-4-5-16-6-10-18(11-7-16)21(24)19(15-22)14-17-8-12-20(13-9-17)23(2)3/h6-14H,4-5H2,1-3H3/b19-14+. The van der Waals surface area contributed by atoms with Crippen molar-refractivity contribution in [1.82, 2.24) is 0 Å². The van der Waals surface area contributed by atoms with Gasteiger partial charge in [-0.3, -0.25) is 4.79 Å². The van der Waals surface area contributed by atoms with E-state index < -0.39 is 0 Å². The van der Waals surface area contributed by atoms with Crippen LogP contribution in [0.2, 0.25) is 0 Å². The Morgan fingerprint density at radius 3 is 2.21 bits per heavy atom. The molecule has 0 aromatic heterocycles. The molecule has 0 heterocycles. The van der Waals surface area contributed by atoms with Crippen LogP contribution in [0.15, 0.2) is 54.1 Å². The number of nitriles is 1. The van der Waals surface area contributed by atoms with Gasteiger partial charge in [-0.25, -0.2) is 0 Å². The lowest BCUT2D eigenvalue weighted by atomic mass is 10.00. The minimum atomic E-state index is -0.239. The molecule has 0 aliphatic carbocycles. The second-order valence-corrected chi connectivity index (χ2v) is 5.93. The summed E-state index contributed by atoms with van der Waals surface area (Å²) >= 11 is 0. The number of hydrogen-bond acceptors (Lipinski definition) is 3. The lowest BCUT2D eigenvalue weighted by Gasteiger charge is -2.11. The number of carbonyl (C=O) groups excluding carboxylic acids is 1. The van der Waals surface area contributed by atoms with Crippen LogP contribution in [-0.2, 0) is 6.42 Å². The van der Waals surface area contributed by atoms with Crippen LogP contribution >= 0.6 is 0 Å². The molecular formula is C21H22N2O. The topological polar surface area (TPSA) is 44.1 Å². The fourth-order valence-electron chi connectivity index (χ4n) is 2.45. The molecule has 0 fully saturated rings. The first kappa shape index (κ1) is 17.5. The van der Waals surface area contributed by atoms with E-state index in [0.29, 0.717) is 5.56 Å². The van der Waals surface area contributed by atoms with Crippen molar-refractivity contribution in [3.8, 4) is 6.07 Å². The molecule has 122 valence electrons. The van der Waals surface area contributed by atoms with Crippen molar-refractivity contribution in [3.63, 3.8) is 0 Å². The second-order valence-electron chi connectivity index (χ2n) is 5.93. The quantitative estimate of drug-likeness (QED) is 0.447. The Hall–Kier alpha value is -2.86. The number of allylic oxidation sites excluding steroid dienone is 1. The average Bonchev–Trinajstić information content (AvgIpc) is 2.60. The molecule has 0 saturated carbocycles. The Bertz CT molecular complexity index is 763. The second kappa shape index (κ2) is 8.12. The molecular weight excluding hydrogens is 296 g/mol. The number of ketones is 1. The summed E-state index contributed by atoms with van der Waals surface area (Å²) in [5, 5.41) is 9.35. The number of hydrogen-bond donors (Lipinski definition) is 0. The molecule has 2 rings (SSSR count). The number of benzene rings is 2. The van der Waals surface area contributed by atoms with Crippen molar-refractivity contribution < 1.29 is 4.79 Å². The fraction of sp³-hybridized carbons (Fsp3) is 0.238. The third-order valence-corrected chi connectivity index (χ3v) is 3.84. The maximum atomic E-state index is 12.5. The highest BCUT2D eigenvalue weighted by Gasteiger charge is 2.12. The number of anilines is 1. The number of aryl methyl sites for hydroxylation is 1. The summed E-state index contributed by atoms with van der Waals surface area (Å²) in [6.07, 6.45) is 3.70. The molecule has 2 aromatic carbocycles. The van der Waals surface area contributed by atoms with Crippen molar-refractivity contribution in [2.75, 3.05) is 19.0 Å². The summed E-state index contributed by atoms with van der Waals surface area (Å²) in [6.45, 7) is 2.12. The zero-order valence-electron chi connectivity index (χ0n) is 14.4. The molecule has 0 bridgehead atoms. The van der Waals surface area contributed by atoms with Gasteiger partial charge in [0.2, 0.25) is 5.78 Å². The molecule has 24 heavy (non-hydrogen) atoms. The maximum absolute atomic E-state index is 12.5. The van der Waals surface area contributed by atoms with Gasteiger partial charge in [0.15, 0.2) is 0 Å². The van der Waals surface area contributed by atoms with E-state index in [9.17, 15) is 10.1 Å². The zero-order chi connectivity index (χ0) is 17.5. The van der Waals surface area contributed by atoms with Crippen molar-refractivity contribution in [1.29, 1.82) is 5.26 Å². The van der Waals surface area contributed by atoms with Gasteiger partial charge in [-0.2, -0.15) is 5.26 Å². The predicted octanol–water partition coefficient (Wildman–Crippen LogP) is 4.49. The minimum absolute atomic E-state index is 0.149. The van der Waals surface area contributed by atoms with Gasteiger partial charge in [0.1, 0.15) is 11.6 Å². The van der Waals surface area contributed by atoms with Crippen LogP contribution in [0, 0.1) is 11.3 Å². The predicted molar refractivity (Wildman–Crippen MR) is 99.1 cm³/mol. The summed E-state index contributed by atoms with van der Waals surface area (Å²) in [5.41, 5.74) is 3.82.